The number of pyridine rings is 1. The number of anilines is 1. The zero-order valence-corrected chi connectivity index (χ0v) is 10.3. The van der Waals surface area contributed by atoms with E-state index in [2.05, 4.69) is 57.7 Å². The standard InChI is InChI=1S/C15H17N3/c1-2-4-14(5-3-1)18-11-10-17-12-15(18)13-6-8-16-9-7-13/h1-9,15,17H,10-12H2. The number of nitrogens with zero attached hydrogens (tertiary/aromatic N) is 2. The van der Waals surface area contributed by atoms with E-state index >= 15 is 0 Å². The molecule has 3 rings (SSSR count). The Morgan fingerprint density at radius 1 is 1.06 bits per heavy atom. The predicted molar refractivity (Wildman–Crippen MR) is 73.6 cm³/mol. The minimum Gasteiger partial charge on any atom is -0.362 e. The van der Waals surface area contributed by atoms with E-state index in [1.165, 1.54) is 11.3 Å². The Kier molecular flexibility index (Phi) is 3.24. The number of rotatable bonds is 2. The van der Waals surface area contributed by atoms with E-state index in [1.807, 2.05) is 12.4 Å². The van der Waals surface area contributed by atoms with Gasteiger partial charge in [-0.25, -0.2) is 0 Å². The molecule has 1 fully saturated rings. The molecule has 3 heteroatoms. The first-order valence-corrected chi connectivity index (χ1v) is 6.37. The molecule has 3 nitrogen and oxygen atoms in total. The summed E-state index contributed by atoms with van der Waals surface area (Å²) in [7, 11) is 0. The van der Waals surface area contributed by atoms with E-state index in [-0.39, 0.29) is 0 Å². The van der Waals surface area contributed by atoms with Crippen LogP contribution in [0.1, 0.15) is 11.6 Å². The summed E-state index contributed by atoms with van der Waals surface area (Å²) < 4.78 is 0. The van der Waals surface area contributed by atoms with Gasteiger partial charge < -0.3 is 10.2 Å². The third-order valence-corrected chi connectivity index (χ3v) is 3.42. The summed E-state index contributed by atoms with van der Waals surface area (Å²) in [5.74, 6) is 0. The van der Waals surface area contributed by atoms with Gasteiger partial charge in [0, 0.05) is 37.7 Å². The monoisotopic (exact) mass is 239 g/mol. The average molecular weight is 239 g/mol. The van der Waals surface area contributed by atoms with Crippen LogP contribution in [0.25, 0.3) is 0 Å². The van der Waals surface area contributed by atoms with Crippen molar-refractivity contribution in [2.75, 3.05) is 24.5 Å². The van der Waals surface area contributed by atoms with Crippen LogP contribution >= 0.6 is 0 Å². The normalized spacial score (nSPS) is 19.8. The summed E-state index contributed by atoms with van der Waals surface area (Å²) in [6.45, 7) is 3.06. The first kappa shape index (κ1) is 11.2. The second kappa shape index (κ2) is 5.19. The zero-order valence-electron chi connectivity index (χ0n) is 10.3. The van der Waals surface area contributed by atoms with Crippen LogP contribution in [0.2, 0.25) is 0 Å². The van der Waals surface area contributed by atoms with Gasteiger partial charge in [-0.05, 0) is 29.8 Å². The summed E-state index contributed by atoms with van der Waals surface area (Å²) in [6, 6.07) is 15.2. The van der Waals surface area contributed by atoms with Gasteiger partial charge in [0.25, 0.3) is 0 Å². The first-order valence-electron chi connectivity index (χ1n) is 6.37. The molecule has 1 N–H and O–H groups in total. The minimum atomic E-state index is 0.393. The molecule has 0 amide bonds. The van der Waals surface area contributed by atoms with E-state index in [0.717, 1.165) is 19.6 Å². The highest BCUT2D eigenvalue weighted by molar-refractivity contribution is 5.49. The van der Waals surface area contributed by atoms with Crippen molar-refractivity contribution < 1.29 is 0 Å². The molecule has 0 radical (unpaired) electrons. The van der Waals surface area contributed by atoms with E-state index in [9.17, 15) is 0 Å². The molecular weight excluding hydrogens is 222 g/mol. The van der Waals surface area contributed by atoms with Crippen LogP contribution in [0.3, 0.4) is 0 Å². The fourth-order valence-corrected chi connectivity index (χ4v) is 2.52. The summed E-state index contributed by atoms with van der Waals surface area (Å²) >= 11 is 0. The molecule has 1 aliphatic rings. The number of hydrogen-bond donors (Lipinski definition) is 1. The van der Waals surface area contributed by atoms with Crippen molar-refractivity contribution in [2.45, 2.75) is 6.04 Å². The third-order valence-electron chi connectivity index (χ3n) is 3.42. The number of nitrogens with one attached hydrogen (secondary N) is 1. The van der Waals surface area contributed by atoms with E-state index in [1.54, 1.807) is 0 Å². The van der Waals surface area contributed by atoms with E-state index in [0.29, 0.717) is 6.04 Å². The quantitative estimate of drug-likeness (QED) is 0.871. The predicted octanol–water partition coefficient (Wildman–Crippen LogP) is 2.23. The largest absolute Gasteiger partial charge is 0.362 e. The Hall–Kier alpha value is -1.87. The van der Waals surface area contributed by atoms with Gasteiger partial charge in [0.1, 0.15) is 0 Å². The molecule has 18 heavy (non-hydrogen) atoms. The summed E-state index contributed by atoms with van der Waals surface area (Å²) in [5.41, 5.74) is 2.61. The first-order chi connectivity index (χ1) is 8.95. The van der Waals surface area contributed by atoms with Crippen LogP contribution < -0.4 is 10.2 Å². The number of hydrogen-bond acceptors (Lipinski definition) is 3. The number of aromatic nitrogens is 1. The molecule has 92 valence electrons. The van der Waals surface area contributed by atoms with Gasteiger partial charge >= 0.3 is 0 Å². The lowest BCUT2D eigenvalue weighted by Crippen LogP contribution is -2.46. The van der Waals surface area contributed by atoms with Crippen molar-refractivity contribution in [1.29, 1.82) is 0 Å². The van der Waals surface area contributed by atoms with Gasteiger partial charge in [-0.2, -0.15) is 0 Å². The maximum absolute atomic E-state index is 4.10. The van der Waals surface area contributed by atoms with E-state index < -0.39 is 0 Å². The highest BCUT2D eigenvalue weighted by atomic mass is 15.2. The van der Waals surface area contributed by atoms with Gasteiger partial charge in [0.2, 0.25) is 0 Å². The second-order valence-corrected chi connectivity index (χ2v) is 4.53. The summed E-state index contributed by atoms with van der Waals surface area (Å²) in [6.07, 6.45) is 3.74. The molecule has 1 aromatic heterocycles. The van der Waals surface area contributed by atoms with Crippen LogP contribution in [0.5, 0.6) is 0 Å². The third kappa shape index (κ3) is 2.22. The molecule has 1 saturated heterocycles. The molecule has 1 aliphatic heterocycles. The fraction of sp³-hybridized carbons (Fsp3) is 0.267. The Bertz CT molecular complexity index is 436. The SMILES string of the molecule is c1ccc(N2CCNCC2c2ccncc2)cc1. The smallest absolute Gasteiger partial charge is 0.0668 e. The number of para-hydroxylation sites is 1. The van der Waals surface area contributed by atoms with Gasteiger partial charge in [-0.15, -0.1) is 0 Å². The lowest BCUT2D eigenvalue weighted by Gasteiger charge is -2.38. The van der Waals surface area contributed by atoms with Crippen molar-refractivity contribution in [3.05, 3.63) is 60.4 Å². The Labute approximate surface area is 107 Å². The summed E-state index contributed by atoms with van der Waals surface area (Å²) in [5, 5.41) is 3.47. The number of benzene rings is 1. The van der Waals surface area contributed by atoms with Crippen LogP contribution in [-0.4, -0.2) is 24.6 Å². The van der Waals surface area contributed by atoms with Crippen molar-refractivity contribution in [1.82, 2.24) is 10.3 Å². The fourth-order valence-electron chi connectivity index (χ4n) is 2.52. The minimum absolute atomic E-state index is 0.393. The van der Waals surface area contributed by atoms with Crippen LogP contribution in [0, 0.1) is 0 Å². The Morgan fingerprint density at radius 3 is 2.61 bits per heavy atom. The molecule has 1 atom stereocenters. The topological polar surface area (TPSA) is 28.2 Å². The van der Waals surface area contributed by atoms with Crippen molar-refractivity contribution in [3.8, 4) is 0 Å². The van der Waals surface area contributed by atoms with Crippen LogP contribution in [-0.2, 0) is 0 Å². The lowest BCUT2D eigenvalue weighted by atomic mass is 10.0. The van der Waals surface area contributed by atoms with Crippen LogP contribution in [0.15, 0.2) is 54.9 Å². The highest BCUT2D eigenvalue weighted by Gasteiger charge is 2.23. The van der Waals surface area contributed by atoms with Gasteiger partial charge in [0.05, 0.1) is 6.04 Å². The maximum atomic E-state index is 4.10. The van der Waals surface area contributed by atoms with Crippen molar-refractivity contribution in [2.24, 2.45) is 0 Å². The Balaban J connectivity index is 1.92. The molecule has 1 aromatic carbocycles. The molecule has 2 aromatic rings. The Morgan fingerprint density at radius 2 is 1.83 bits per heavy atom. The number of piperazine rings is 1. The molecule has 2 heterocycles. The summed E-state index contributed by atoms with van der Waals surface area (Å²) in [4.78, 5) is 6.56. The molecule has 0 bridgehead atoms. The molecule has 0 saturated carbocycles. The lowest BCUT2D eigenvalue weighted by molar-refractivity contribution is 0.489. The van der Waals surface area contributed by atoms with Crippen molar-refractivity contribution in [3.63, 3.8) is 0 Å². The highest BCUT2D eigenvalue weighted by Crippen LogP contribution is 2.27. The van der Waals surface area contributed by atoms with Crippen LogP contribution in [0.4, 0.5) is 5.69 Å². The zero-order chi connectivity index (χ0) is 12.2. The van der Waals surface area contributed by atoms with E-state index in [4.69, 9.17) is 0 Å². The molecular formula is C15H17N3. The molecule has 0 aliphatic carbocycles. The van der Waals surface area contributed by atoms with Crippen molar-refractivity contribution >= 4 is 5.69 Å². The van der Waals surface area contributed by atoms with Gasteiger partial charge in [-0.1, -0.05) is 18.2 Å². The van der Waals surface area contributed by atoms with Gasteiger partial charge in [-0.3, -0.25) is 4.98 Å². The maximum Gasteiger partial charge on any atom is 0.0668 e. The van der Waals surface area contributed by atoms with Gasteiger partial charge in [0.15, 0.2) is 0 Å². The second-order valence-electron chi connectivity index (χ2n) is 4.53. The molecule has 1 unspecified atom stereocenters. The molecule has 0 spiro atoms. The average Bonchev–Trinajstić information content (AvgIpc) is 2.49.